The number of fused-ring (bicyclic) bond motifs is 2. The minimum atomic E-state index is -0.628. The molecule has 2 aliphatic rings. The second-order valence-electron chi connectivity index (χ2n) is 17.3. The van der Waals surface area contributed by atoms with Gasteiger partial charge in [0.2, 0.25) is 11.5 Å². The van der Waals surface area contributed by atoms with Gasteiger partial charge >= 0.3 is 11.9 Å². The Morgan fingerprint density at radius 1 is 0.457 bits per heavy atom. The van der Waals surface area contributed by atoms with Gasteiger partial charge in [-0.2, -0.15) is 0 Å². The van der Waals surface area contributed by atoms with Gasteiger partial charge in [-0.1, -0.05) is 0 Å². The lowest BCUT2D eigenvalue weighted by Crippen LogP contribution is -3.00. The highest BCUT2D eigenvalue weighted by molar-refractivity contribution is 5.91. The summed E-state index contributed by atoms with van der Waals surface area (Å²) in [6, 6.07) is 15.8. The third kappa shape index (κ3) is 12.0. The summed E-state index contributed by atoms with van der Waals surface area (Å²) in [7, 11) is 20.5. The van der Waals surface area contributed by atoms with Crippen molar-refractivity contribution in [3.63, 3.8) is 0 Å². The van der Waals surface area contributed by atoms with Gasteiger partial charge in [0.25, 0.3) is 0 Å². The molecular weight excluding hydrogens is 947 g/mol. The Kier molecular flexibility index (Phi) is 20.4. The molecule has 0 radical (unpaired) electrons. The van der Waals surface area contributed by atoms with E-state index in [9.17, 15) is 9.59 Å². The average Bonchev–Trinajstić information content (AvgIpc) is 3.36. The number of halogens is 2. The van der Waals surface area contributed by atoms with E-state index in [4.69, 9.17) is 56.8 Å². The lowest BCUT2D eigenvalue weighted by Gasteiger charge is -2.46. The van der Waals surface area contributed by atoms with Crippen molar-refractivity contribution in [1.82, 2.24) is 0 Å². The maximum atomic E-state index is 12.9. The number of likely N-dealkylation sites (N-methyl/N-ethyl adjacent to an activating group) is 2. The molecule has 0 aliphatic carbocycles. The first-order valence-corrected chi connectivity index (χ1v) is 22.6. The van der Waals surface area contributed by atoms with Crippen molar-refractivity contribution in [2.24, 2.45) is 0 Å². The Morgan fingerprint density at radius 2 is 0.757 bits per heavy atom. The zero-order chi connectivity index (χ0) is 49.2. The fraction of sp³-hybridized carbons (Fsp3) is 0.462. The lowest BCUT2D eigenvalue weighted by molar-refractivity contribution is -0.935. The minimum absolute atomic E-state index is 0. The Balaban J connectivity index is 0.00000533. The quantitative estimate of drug-likeness (QED) is 0.0480. The van der Waals surface area contributed by atoms with Crippen molar-refractivity contribution in [2.75, 3.05) is 125 Å². The van der Waals surface area contributed by atoms with Crippen LogP contribution in [0.3, 0.4) is 0 Å². The van der Waals surface area contributed by atoms with E-state index < -0.39 is 11.9 Å². The van der Waals surface area contributed by atoms with Gasteiger partial charge in [-0.3, -0.25) is 0 Å². The molecule has 70 heavy (non-hydrogen) atoms. The lowest BCUT2D eigenvalue weighted by atomic mass is 9.85. The normalized spacial score (nSPS) is 18.9. The Morgan fingerprint density at radius 3 is 1.04 bits per heavy atom. The summed E-state index contributed by atoms with van der Waals surface area (Å²) in [6.07, 6.45) is 4.94. The van der Waals surface area contributed by atoms with E-state index >= 15 is 0 Å². The van der Waals surface area contributed by atoms with Crippen LogP contribution < -0.4 is 72.2 Å². The molecule has 0 spiro atoms. The molecule has 4 aromatic carbocycles. The first kappa shape index (κ1) is 56.6. The van der Waals surface area contributed by atoms with Crippen LogP contribution in [-0.4, -0.2) is 145 Å². The van der Waals surface area contributed by atoms with E-state index in [1.165, 1.54) is 0 Å². The van der Waals surface area contributed by atoms with Crippen LogP contribution in [0.4, 0.5) is 0 Å². The standard InChI is InChI=1S/C52H68N2O14.2ClH/c1-53(21-17-33-25-39(57-3)41(59-5)31-37(33)49(53)35-27-43(61-7)51(65-11)44(28-35)62-8)19-13-23-67-47(55)15-16-48(56)68-24-14-20-54(2)22-18-34-26-40(58-4)42(60-6)32-38(34)50(54)36-29-45(63-9)52(66-12)46(30-36)64-10;;/h15-16,25-32,49-50H,13-14,17-24H2,1-12H3;2*1H/q+2;;/p-2/b16-15+;;/t49-,50-,53-,54-;;/m1../s1. The zero-order valence-corrected chi connectivity index (χ0v) is 43.9. The number of carbonyl (C=O) groups excluding carboxylic acids is 2. The smallest absolute Gasteiger partial charge is 0.331 e. The molecule has 384 valence electrons. The molecule has 0 unspecified atom stereocenters. The Hall–Kier alpha value is -5.94. The molecule has 0 saturated carbocycles. The van der Waals surface area contributed by atoms with Crippen LogP contribution in [0.5, 0.6) is 57.5 Å². The SMILES string of the molecule is COc1cc2c(cc1OC)[C@@H](c1cc(OC)c(OC)c(OC)c1)[N@+](C)(CCCOC(=O)/C=C/C(=O)OCCC[N@+]1(C)CCc3cc(OC)c(OC)cc3[C@H]1c1cc(OC)c(OC)c(OC)c1)CC2.[Cl-].[Cl-]. The van der Waals surface area contributed by atoms with Crippen LogP contribution in [0.2, 0.25) is 0 Å². The van der Waals surface area contributed by atoms with Crippen molar-refractivity contribution in [2.45, 2.75) is 37.8 Å². The molecule has 16 nitrogen and oxygen atoms in total. The molecule has 4 atom stereocenters. The molecule has 0 bridgehead atoms. The molecule has 0 aromatic heterocycles. The predicted molar refractivity (Wildman–Crippen MR) is 255 cm³/mol. The molecule has 0 amide bonds. The van der Waals surface area contributed by atoms with Gasteiger partial charge in [-0.05, 0) is 59.7 Å². The third-order valence-electron chi connectivity index (χ3n) is 13.4. The van der Waals surface area contributed by atoms with Gasteiger partial charge in [0.1, 0.15) is 12.1 Å². The van der Waals surface area contributed by atoms with E-state index in [-0.39, 0.29) is 50.1 Å². The van der Waals surface area contributed by atoms with Crippen molar-refractivity contribution < 1.29 is 100 Å². The Bertz CT molecular complexity index is 2250. The number of esters is 2. The molecule has 4 aromatic rings. The second-order valence-corrected chi connectivity index (χ2v) is 17.3. The average molecular weight is 1020 g/mol. The highest BCUT2D eigenvalue weighted by atomic mass is 35.5. The van der Waals surface area contributed by atoms with E-state index in [2.05, 4.69) is 14.1 Å². The van der Waals surface area contributed by atoms with E-state index in [1.54, 1.807) is 71.1 Å². The summed E-state index contributed by atoms with van der Waals surface area (Å²) in [5, 5.41) is 0. The zero-order valence-electron chi connectivity index (χ0n) is 42.4. The van der Waals surface area contributed by atoms with Crippen molar-refractivity contribution in [3.8, 4) is 57.5 Å². The highest BCUT2D eigenvalue weighted by Gasteiger charge is 2.43. The molecule has 0 fully saturated rings. The van der Waals surface area contributed by atoms with Gasteiger partial charge in [0, 0.05) is 60.1 Å². The maximum absolute atomic E-state index is 12.9. The number of hydrogen-bond acceptors (Lipinski definition) is 14. The van der Waals surface area contributed by atoms with Crippen molar-refractivity contribution in [3.05, 3.63) is 94.1 Å². The van der Waals surface area contributed by atoms with Crippen molar-refractivity contribution >= 4 is 11.9 Å². The molecule has 0 saturated heterocycles. The number of nitrogens with zero attached hydrogens (tertiary/aromatic N) is 2. The van der Waals surface area contributed by atoms with Gasteiger partial charge in [-0.25, -0.2) is 9.59 Å². The van der Waals surface area contributed by atoms with Crippen LogP contribution in [-0.2, 0) is 31.9 Å². The Labute approximate surface area is 424 Å². The van der Waals surface area contributed by atoms with Gasteiger partial charge in [0.15, 0.2) is 46.0 Å². The summed E-state index contributed by atoms with van der Waals surface area (Å²) in [6.45, 7) is 3.23. The predicted octanol–water partition coefficient (Wildman–Crippen LogP) is 1.09. The first-order chi connectivity index (χ1) is 32.8. The van der Waals surface area contributed by atoms with Crippen LogP contribution in [0, 0.1) is 0 Å². The van der Waals surface area contributed by atoms with Crippen LogP contribution in [0.15, 0.2) is 60.7 Å². The number of methoxy groups -OCH3 is 10. The maximum Gasteiger partial charge on any atom is 0.331 e. The molecule has 2 heterocycles. The molecule has 2 aliphatic heterocycles. The van der Waals surface area contributed by atoms with Gasteiger partial charge < -0.3 is 90.6 Å². The number of carbonyl (C=O) groups is 2. The minimum Gasteiger partial charge on any atom is -1.00 e. The summed E-state index contributed by atoms with van der Waals surface area (Å²) in [4.78, 5) is 25.8. The van der Waals surface area contributed by atoms with E-state index in [0.717, 1.165) is 71.5 Å². The first-order valence-electron chi connectivity index (χ1n) is 22.6. The number of benzene rings is 4. The number of ether oxygens (including phenoxy) is 12. The number of rotatable bonds is 22. The largest absolute Gasteiger partial charge is 1.00 e. The highest BCUT2D eigenvalue weighted by Crippen LogP contribution is 2.50. The van der Waals surface area contributed by atoms with Crippen LogP contribution >= 0.6 is 0 Å². The van der Waals surface area contributed by atoms with Gasteiger partial charge in [0.05, 0.1) is 125 Å². The topological polar surface area (TPSA) is 145 Å². The molecule has 18 heteroatoms. The fourth-order valence-electron chi connectivity index (χ4n) is 10.0. The van der Waals surface area contributed by atoms with Crippen LogP contribution in [0.25, 0.3) is 0 Å². The molecule has 6 rings (SSSR count). The summed E-state index contributed by atoms with van der Waals surface area (Å²) < 4.78 is 69.5. The summed E-state index contributed by atoms with van der Waals surface area (Å²) >= 11 is 0. The van der Waals surface area contributed by atoms with E-state index in [1.807, 2.05) is 48.5 Å². The molecular formula is C52H68Cl2N2O14. The monoisotopic (exact) mass is 1010 g/mol. The molecule has 0 N–H and O–H groups in total. The van der Waals surface area contributed by atoms with E-state index in [0.29, 0.717) is 92.4 Å². The van der Waals surface area contributed by atoms with Crippen molar-refractivity contribution in [1.29, 1.82) is 0 Å². The van der Waals surface area contributed by atoms with Gasteiger partial charge in [-0.15, -0.1) is 0 Å². The second kappa shape index (κ2) is 25.3. The number of hydrogen-bond donors (Lipinski definition) is 0. The van der Waals surface area contributed by atoms with Crippen LogP contribution in [0.1, 0.15) is 58.3 Å². The number of quaternary nitrogens is 2. The summed E-state index contributed by atoms with van der Waals surface area (Å²) in [5.41, 5.74) is 6.39. The summed E-state index contributed by atoms with van der Waals surface area (Å²) in [5.74, 6) is 4.54. The third-order valence-corrected chi connectivity index (χ3v) is 13.4. The fourth-order valence-corrected chi connectivity index (χ4v) is 10.0.